The Labute approximate surface area is 204 Å². The summed E-state index contributed by atoms with van der Waals surface area (Å²) in [7, 11) is 0. The normalized spacial score (nSPS) is 19.6. The fraction of sp³-hybridized carbons (Fsp3) is 0.125. The van der Waals surface area contributed by atoms with E-state index in [0.717, 1.165) is 27.1 Å². The minimum absolute atomic E-state index is 0.0406. The molecule has 4 rings (SSSR count). The zero-order chi connectivity index (χ0) is 24.2. The van der Waals surface area contributed by atoms with Crippen LogP contribution in [0, 0.1) is 0 Å². The molecule has 0 saturated carbocycles. The largest absolute Gasteiger partial charge is 0.508 e. The van der Waals surface area contributed by atoms with E-state index < -0.39 is 36.2 Å². The molecule has 0 radical (unpaired) electrons. The third kappa shape index (κ3) is 5.08. The van der Waals surface area contributed by atoms with Gasteiger partial charge in [0.15, 0.2) is 0 Å². The summed E-state index contributed by atoms with van der Waals surface area (Å²) in [5.74, 6) is -2.20. The number of nitrogens with one attached hydrogen (secondary N) is 1. The third-order valence-electron chi connectivity index (χ3n) is 5.14. The van der Waals surface area contributed by atoms with Gasteiger partial charge in [0.1, 0.15) is 22.7 Å². The third-order valence-corrected chi connectivity index (χ3v) is 6.49. The van der Waals surface area contributed by atoms with E-state index in [9.17, 15) is 24.3 Å². The molecule has 2 aromatic carbocycles. The van der Waals surface area contributed by atoms with Crippen LogP contribution in [0.1, 0.15) is 12.0 Å². The number of phenolic OH excluding ortho intramolecular Hbond substituents is 1. The maximum atomic E-state index is 12.9. The number of aromatic hydroxyl groups is 1. The number of likely N-dealkylation sites (tertiary alicyclic amines) is 1. The summed E-state index contributed by atoms with van der Waals surface area (Å²) >= 11 is 6.37. The van der Waals surface area contributed by atoms with Crippen molar-refractivity contribution in [2.75, 3.05) is 11.9 Å². The van der Waals surface area contributed by atoms with Crippen molar-refractivity contribution in [2.24, 2.45) is 0 Å². The van der Waals surface area contributed by atoms with Gasteiger partial charge < -0.3 is 10.4 Å². The second kappa shape index (κ2) is 10.0. The van der Waals surface area contributed by atoms with Crippen molar-refractivity contribution in [1.82, 2.24) is 9.80 Å². The van der Waals surface area contributed by atoms with Gasteiger partial charge in [-0.05, 0) is 35.9 Å². The van der Waals surface area contributed by atoms with Crippen LogP contribution < -0.4 is 5.32 Å². The standard InChI is InChI=1S/C24H19N3O5S2/c28-17-11-9-16(10-12-17)25-20(29)14-26-21(30)13-18(22(26)31)27-23(32)19(34-24(27)33)8-4-7-15-5-2-1-3-6-15/h1-12,18,28H,13-14H2,(H,25,29)/b7-4+,19-8-/t18-/m1/s1. The number of thiocarbonyl (C=S) groups is 1. The molecule has 2 fully saturated rings. The van der Waals surface area contributed by atoms with Gasteiger partial charge >= 0.3 is 0 Å². The number of hydrogen-bond donors (Lipinski definition) is 2. The first kappa shape index (κ1) is 23.4. The number of anilines is 1. The molecule has 0 unspecified atom stereocenters. The number of benzene rings is 2. The van der Waals surface area contributed by atoms with Crippen LogP contribution in [0.15, 0.2) is 71.7 Å². The van der Waals surface area contributed by atoms with Crippen molar-refractivity contribution in [1.29, 1.82) is 0 Å². The Kier molecular flexibility index (Phi) is 6.90. The lowest BCUT2D eigenvalue weighted by Gasteiger charge is -2.21. The molecule has 34 heavy (non-hydrogen) atoms. The molecule has 2 aromatic rings. The maximum Gasteiger partial charge on any atom is 0.266 e. The highest BCUT2D eigenvalue weighted by atomic mass is 32.2. The molecule has 0 aliphatic carbocycles. The van der Waals surface area contributed by atoms with E-state index in [-0.39, 0.29) is 16.5 Å². The van der Waals surface area contributed by atoms with Gasteiger partial charge in [0.25, 0.3) is 11.8 Å². The average Bonchev–Trinajstić information content (AvgIpc) is 3.25. The molecule has 0 aromatic heterocycles. The number of amides is 4. The predicted molar refractivity (Wildman–Crippen MR) is 132 cm³/mol. The van der Waals surface area contributed by atoms with E-state index in [1.807, 2.05) is 36.4 Å². The van der Waals surface area contributed by atoms with E-state index in [1.54, 1.807) is 12.2 Å². The Balaban J connectivity index is 1.42. The van der Waals surface area contributed by atoms with Gasteiger partial charge in [-0.2, -0.15) is 0 Å². The fourth-order valence-corrected chi connectivity index (χ4v) is 4.80. The van der Waals surface area contributed by atoms with E-state index in [1.165, 1.54) is 24.3 Å². The Morgan fingerprint density at radius 1 is 1.12 bits per heavy atom. The lowest BCUT2D eigenvalue weighted by molar-refractivity contribution is -0.143. The Bertz CT molecular complexity index is 1220. The number of thioether (sulfide) groups is 1. The van der Waals surface area contributed by atoms with Crippen molar-refractivity contribution >= 4 is 63.7 Å². The van der Waals surface area contributed by atoms with Crippen molar-refractivity contribution < 1.29 is 24.3 Å². The molecule has 1 atom stereocenters. The van der Waals surface area contributed by atoms with Crippen LogP contribution in [-0.4, -0.2) is 55.4 Å². The molecule has 0 bridgehead atoms. The second-order valence-electron chi connectivity index (χ2n) is 7.48. The van der Waals surface area contributed by atoms with Gasteiger partial charge in [0, 0.05) is 5.69 Å². The van der Waals surface area contributed by atoms with Gasteiger partial charge in [-0.25, -0.2) is 0 Å². The van der Waals surface area contributed by atoms with Crippen molar-refractivity contribution in [3.63, 3.8) is 0 Å². The van der Waals surface area contributed by atoms with Gasteiger partial charge in [-0.3, -0.25) is 29.0 Å². The number of carbonyl (C=O) groups excluding carboxylic acids is 4. The first-order chi connectivity index (χ1) is 16.3. The van der Waals surface area contributed by atoms with Crippen molar-refractivity contribution in [3.8, 4) is 5.75 Å². The Morgan fingerprint density at radius 2 is 1.82 bits per heavy atom. The number of hydrogen-bond acceptors (Lipinski definition) is 7. The van der Waals surface area contributed by atoms with Crippen LogP contribution >= 0.6 is 24.0 Å². The molecule has 4 amide bonds. The van der Waals surface area contributed by atoms with E-state index in [0.29, 0.717) is 10.6 Å². The quantitative estimate of drug-likeness (QED) is 0.276. The molecule has 2 aliphatic heterocycles. The molecule has 0 spiro atoms. The summed E-state index contributed by atoms with van der Waals surface area (Å²) in [6.45, 7) is -0.487. The number of phenols is 1. The van der Waals surface area contributed by atoms with Gasteiger partial charge in [-0.1, -0.05) is 66.5 Å². The first-order valence-corrected chi connectivity index (χ1v) is 11.5. The van der Waals surface area contributed by atoms with Crippen LogP contribution in [0.25, 0.3) is 6.08 Å². The number of imide groups is 1. The van der Waals surface area contributed by atoms with Crippen molar-refractivity contribution in [3.05, 3.63) is 77.2 Å². The number of carbonyl (C=O) groups is 4. The zero-order valence-corrected chi connectivity index (χ0v) is 19.3. The van der Waals surface area contributed by atoms with E-state index in [4.69, 9.17) is 12.2 Å². The average molecular weight is 494 g/mol. The maximum absolute atomic E-state index is 12.9. The predicted octanol–water partition coefficient (Wildman–Crippen LogP) is 2.92. The number of nitrogens with zero attached hydrogens (tertiary/aromatic N) is 2. The summed E-state index contributed by atoms with van der Waals surface area (Å²) in [4.78, 5) is 53.0. The van der Waals surface area contributed by atoms with Crippen LogP contribution in [0.3, 0.4) is 0 Å². The SMILES string of the molecule is O=C(CN1C(=O)C[C@@H](N2C(=O)/C(=C/C=C/c3ccccc3)SC2=S)C1=O)Nc1ccc(O)cc1. The van der Waals surface area contributed by atoms with E-state index >= 15 is 0 Å². The molecular formula is C24H19N3O5S2. The van der Waals surface area contributed by atoms with Crippen LogP contribution in [0.4, 0.5) is 5.69 Å². The molecule has 8 nitrogen and oxygen atoms in total. The summed E-state index contributed by atoms with van der Waals surface area (Å²) in [6.07, 6.45) is 4.94. The summed E-state index contributed by atoms with van der Waals surface area (Å²) in [5.41, 5.74) is 1.37. The smallest absolute Gasteiger partial charge is 0.266 e. The molecule has 2 N–H and O–H groups in total. The van der Waals surface area contributed by atoms with Crippen LogP contribution in [0.2, 0.25) is 0 Å². The monoisotopic (exact) mass is 493 g/mol. The van der Waals surface area contributed by atoms with E-state index in [2.05, 4.69) is 5.32 Å². The fourth-order valence-electron chi connectivity index (χ4n) is 3.50. The van der Waals surface area contributed by atoms with Crippen LogP contribution in [-0.2, 0) is 19.2 Å². The summed E-state index contributed by atoms with van der Waals surface area (Å²) in [5, 5.41) is 11.9. The first-order valence-electron chi connectivity index (χ1n) is 10.3. The highest BCUT2D eigenvalue weighted by Gasteiger charge is 2.48. The summed E-state index contributed by atoms with van der Waals surface area (Å²) < 4.78 is 0.186. The van der Waals surface area contributed by atoms with Crippen molar-refractivity contribution in [2.45, 2.75) is 12.5 Å². The molecule has 10 heteroatoms. The second-order valence-corrected chi connectivity index (χ2v) is 9.15. The lowest BCUT2D eigenvalue weighted by atomic mass is 10.2. The highest BCUT2D eigenvalue weighted by Crippen LogP contribution is 2.35. The van der Waals surface area contributed by atoms with Gasteiger partial charge in [0.2, 0.25) is 11.8 Å². The molecular weight excluding hydrogens is 474 g/mol. The molecule has 2 heterocycles. The molecule has 2 saturated heterocycles. The Hall–Kier alpha value is -3.76. The van der Waals surface area contributed by atoms with Gasteiger partial charge in [0.05, 0.1) is 11.3 Å². The topological polar surface area (TPSA) is 107 Å². The minimum atomic E-state index is -1.08. The molecule has 2 aliphatic rings. The minimum Gasteiger partial charge on any atom is -0.508 e. The Morgan fingerprint density at radius 3 is 2.53 bits per heavy atom. The number of rotatable bonds is 6. The number of allylic oxidation sites excluding steroid dienone is 2. The lowest BCUT2D eigenvalue weighted by Crippen LogP contribution is -2.45. The van der Waals surface area contributed by atoms with Crippen LogP contribution in [0.5, 0.6) is 5.75 Å². The van der Waals surface area contributed by atoms with Gasteiger partial charge in [-0.15, -0.1) is 0 Å². The zero-order valence-electron chi connectivity index (χ0n) is 17.7. The highest BCUT2D eigenvalue weighted by molar-refractivity contribution is 8.26. The molecule has 172 valence electrons. The summed E-state index contributed by atoms with van der Waals surface area (Å²) in [6, 6.07) is 14.2.